The molecule has 1 aromatic rings. The highest BCUT2D eigenvalue weighted by Gasteiger charge is 2.18. The summed E-state index contributed by atoms with van der Waals surface area (Å²) in [5.41, 5.74) is 1.16. The Balaban J connectivity index is 1.61. The Labute approximate surface area is 132 Å². The zero-order valence-corrected chi connectivity index (χ0v) is 13.2. The molecule has 1 aliphatic carbocycles. The Bertz CT molecular complexity index is 525. The van der Waals surface area contributed by atoms with Crippen LogP contribution in [0, 0.1) is 0 Å². The Kier molecular flexibility index (Phi) is 5.03. The van der Waals surface area contributed by atoms with Crippen LogP contribution in [0.3, 0.4) is 0 Å². The molecule has 1 fully saturated rings. The molecule has 0 radical (unpaired) electrons. The maximum absolute atomic E-state index is 6.07. The third kappa shape index (κ3) is 3.84. The normalized spacial score (nSPS) is 18.5. The van der Waals surface area contributed by atoms with Crippen LogP contribution < -0.4 is 20.1 Å². The molecule has 5 nitrogen and oxygen atoms in total. The molecule has 0 unspecified atom stereocenters. The van der Waals surface area contributed by atoms with Crippen LogP contribution >= 0.6 is 0 Å². The van der Waals surface area contributed by atoms with Crippen molar-refractivity contribution >= 4 is 5.96 Å². The van der Waals surface area contributed by atoms with E-state index in [2.05, 4.69) is 21.7 Å². The maximum Gasteiger partial charge on any atom is 0.191 e. The van der Waals surface area contributed by atoms with Crippen molar-refractivity contribution in [2.24, 2.45) is 4.99 Å². The molecule has 0 aromatic heterocycles. The second-order valence-electron chi connectivity index (χ2n) is 5.87. The first-order valence-corrected chi connectivity index (χ1v) is 8.21. The number of guanidine groups is 1. The molecule has 22 heavy (non-hydrogen) atoms. The average molecular weight is 303 g/mol. The Morgan fingerprint density at radius 2 is 2.09 bits per heavy atom. The van der Waals surface area contributed by atoms with E-state index >= 15 is 0 Å². The molecule has 1 aliphatic heterocycles. The molecular weight excluding hydrogens is 278 g/mol. The van der Waals surface area contributed by atoms with Gasteiger partial charge < -0.3 is 20.1 Å². The fourth-order valence-electron chi connectivity index (χ4n) is 2.94. The lowest BCUT2D eigenvalue weighted by Gasteiger charge is -2.18. The van der Waals surface area contributed by atoms with E-state index in [1.807, 2.05) is 12.1 Å². The second-order valence-corrected chi connectivity index (χ2v) is 5.87. The standard InChI is InChI=1S/C17H25N3O2/c1-21-16-11-13(12-20-17-18-9-4-10-19-17)7-8-15(16)22-14-5-2-3-6-14/h7-8,11,14H,2-6,9-10,12H2,1H3,(H2,18,19,20). The molecular formula is C17H25N3O2. The number of nitrogens with one attached hydrogen (secondary N) is 2. The number of methoxy groups -OCH3 is 1. The molecule has 1 heterocycles. The molecule has 3 rings (SSSR count). The van der Waals surface area contributed by atoms with Crippen LogP contribution in [0.15, 0.2) is 23.2 Å². The predicted octanol–water partition coefficient (Wildman–Crippen LogP) is 2.46. The van der Waals surface area contributed by atoms with E-state index in [1.54, 1.807) is 7.11 Å². The zero-order valence-electron chi connectivity index (χ0n) is 13.2. The van der Waals surface area contributed by atoms with Crippen molar-refractivity contribution in [2.45, 2.75) is 44.8 Å². The molecule has 2 aliphatic rings. The van der Waals surface area contributed by atoms with Crippen LogP contribution in [0.4, 0.5) is 0 Å². The highest BCUT2D eigenvalue weighted by Crippen LogP contribution is 2.32. The summed E-state index contributed by atoms with van der Waals surface area (Å²) in [5, 5.41) is 6.58. The monoisotopic (exact) mass is 303 g/mol. The first-order valence-electron chi connectivity index (χ1n) is 8.21. The number of hydrogen-bond acceptors (Lipinski definition) is 5. The van der Waals surface area contributed by atoms with E-state index in [9.17, 15) is 0 Å². The van der Waals surface area contributed by atoms with Crippen molar-refractivity contribution in [1.29, 1.82) is 0 Å². The summed E-state index contributed by atoms with van der Waals surface area (Å²) in [5.74, 6) is 2.55. The summed E-state index contributed by atoms with van der Waals surface area (Å²) >= 11 is 0. The lowest BCUT2D eigenvalue weighted by molar-refractivity contribution is 0.200. The lowest BCUT2D eigenvalue weighted by atomic mass is 10.2. The van der Waals surface area contributed by atoms with Gasteiger partial charge in [0.15, 0.2) is 17.5 Å². The van der Waals surface area contributed by atoms with Gasteiger partial charge in [-0.15, -0.1) is 0 Å². The van der Waals surface area contributed by atoms with Gasteiger partial charge in [0.1, 0.15) is 0 Å². The van der Waals surface area contributed by atoms with E-state index in [0.717, 1.165) is 61.9 Å². The van der Waals surface area contributed by atoms with Gasteiger partial charge in [-0.3, -0.25) is 4.99 Å². The second kappa shape index (κ2) is 7.38. The van der Waals surface area contributed by atoms with Crippen molar-refractivity contribution in [1.82, 2.24) is 10.6 Å². The molecule has 120 valence electrons. The minimum Gasteiger partial charge on any atom is -0.493 e. The minimum atomic E-state index is 0.346. The first kappa shape index (κ1) is 15.0. The molecule has 0 amide bonds. The van der Waals surface area contributed by atoms with Crippen molar-refractivity contribution in [3.63, 3.8) is 0 Å². The Morgan fingerprint density at radius 1 is 1.23 bits per heavy atom. The Morgan fingerprint density at radius 3 is 2.82 bits per heavy atom. The van der Waals surface area contributed by atoms with E-state index < -0.39 is 0 Å². The Hall–Kier alpha value is -1.91. The number of aliphatic imine (C=N–C) groups is 1. The van der Waals surface area contributed by atoms with Gasteiger partial charge in [-0.05, 0) is 49.8 Å². The van der Waals surface area contributed by atoms with Crippen molar-refractivity contribution < 1.29 is 9.47 Å². The van der Waals surface area contributed by atoms with Gasteiger partial charge in [-0.25, -0.2) is 0 Å². The fraction of sp³-hybridized carbons (Fsp3) is 0.588. The highest BCUT2D eigenvalue weighted by atomic mass is 16.5. The summed E-state index contributed by atoms with van der Waals surface area (Å²) in [6.45, 7) is 2.61. The molecule has 0 atom stereocenters. The average Bonchev–Trinajstić information content (AvgIpc) is 3.08. The van der Waals surface area contributed by atoms with Gasteiger partial charge in [0.2, 0.25) is 0 Å². The maximum atomic E-state index is 6.07. The molecule has 0 bridgehead atoms. The predicted molar refractivity (Wildman–Crippen MR) is 87.6 cm³/mol. The summed E-state index contributed by atoms with van der Waals surface area (Å²) < 4.78 is 11.6. The van der Waals surface area contributed by atoms with E-state index in [-0.39, 0.29) is 0 Å². The number of hydrogen-bond donors (Lipinski definition) is 2. The molecule has 0 spiro atoms. The summed E-state index contributed by atoms with van der Waals surface area (Å²) in [6.07, 6.45) is 6.29. The summed E-state index contributed by atoms with van der Waals surface area (Å²) in [7, 11) is 1.70. The number of rotatable bonds is 5. The number of ether oxygens (including phenoxy) is 2. The van der Waals surface area contributed by atoms with E-state index in [4.69, 9.17) is 9.47 Å². The van der Waals surface area contributed by atoms with E-state index in [0.29, 0.717) is 6.10 Å². The SMILES string of the molecule is COc1cc(CNC2=NCCCN2)ccc1OC1CCCC1. The van der Waals surface area contributed by atoms with Crippen molar-refractivity contribution in [2.75, 3.05) is 20.2 Å². The van der Waals surface area contributed by atoms with Crippen LogP contribution in [0.25, 0.3) is 0 Å². The minimum absolute atomic E-state index is 0.346. The number of benzene rings is 1. The molecule has 1 aromatic carbocycles. The summed E-state index contributed by atoms with van der Waals surface area (Å²) in [4.78, 5) is 4.41. The van der Waals surface area contributed by atoms with Crippen LogP contribution in [-0.2, 0) is 6.54 Å². The lowest BCUT2D eigenvalue weighted by Crippen LogP contribution is -2.40. The van der Waals surface area contributed by atoms with Crippen LogP contribution in [0.1, 0.15) is 37.7 Å². The largest absolute Gasteiger partial charge is 0.493 e. The van der Waals surface area contributed by atoms with Crippen molar-refractivity contribution in [3.8, 4) is 11.5 Å². The fourth-order valence-corrected chi connectivity index (χ4v) is 2.94. The molecule has 1 saturated carbocycles. The van der Waals surface area contributed by atoms with Gasteiger partial charge in [0.05, 0.1) is 13.2 Å². The van der Waals surface area contributed by atoms with Gasteiger partial charge in [0, 0.05) is 19.6 Å². The number of nitrogens with zero attached hydrogens (tertiary/aromatic N) is 1. The molecule has 0 saturated heterocycles. The third-order valence-corrected chi connectivity index (χ3v) is 4.18. The zero-order chi connectivity index (χ0) is 15.2. The van der Waals surface area contributed by atoms with Gasteiger partial charge in [0.25, 0.3) is 0 Å². The highest BCUT2D eigenvalue weighted by molar-refractivity contribution is 5.80. The smallest absolute Gasteiger partial charge is 0.191 e. The topological polar surface area (TPSA) is 54.9 Å². The third-order valence-electron chi connectivity index (χ3n) is 4.18. The first-order chi connectivity index (χ1) is 10.8. The van der Waals surface area contributed by atoms with Crippen LogP contribution in [-0.4, -0.2) is 32.3 Å². The molecule has 2 N–H and O–H groups in total. The van der Waals surface area contributed by atoms with Gasteiger partial charge in [-0.1, -0.05) is 6.07 Å². The summed E-state index contributed by atoms with van der Waals surface area (Å²) in [6, 6.07) is 6.15. The van der Waals surface area contributed by atoms with Crippen LogP contribution in [0.2, 0.25) is 0 Å². The quantitative estimate of drug-likeness (QED) is 0.877. The van der Waals surface area contributed by atoms with Gasteiger partial charge in [-0.2, -0.15) is 0 Å². The van der Waals surface area contributed by atoms with Crippen LogP contribution in [0.5, 0.6) is 11.5 Å². The van der Waals surface area contributed by atoms with Gasteiger partial charge >= 0.3 is 0 Å². The van der Waals surface area contributed by atoms with E-state index in [1.165, 1.54) is 12.8 Å². The van der Waals surface area contributed by atoms with Crippen molar-refractivity contribution in [3.05, 3.63) is 23.8 Å². The molecule has 5 heteroatoms.